The van der Waals surface area contributed by atoms with Crippen LogP contribution in [-0.2, 0) is 0 Å². The van der Waals surface area contributed by atoms with Crippen LogP contribution in [0.3, 0.4) is 0 Å². The van der Waals surface area contributed by atoms with Gasteiger partial charge >= 0.3 is 6.18 Å². The average molecular weight is 436 g/mol. The second-order valence-electron chi connectivity index (χ2n) is 7.34. The summed E-state index contributed by atoms with van der Waals surface area (Å²) < 4.78 is 68.8. The van der Waals surface area contributed by atoms with Crippen LogP contribution in [0.5, 0.6) is 0 Å². The molecule has 0 saturated carbocycles. The molecule has 1 aliphatic rings. The van der Waals surface area contributed by atoms with Gasteiger partial charge in [-0.2, -0.15) is 18.3 Å². The van der Waals surface area contributed by atoms with Crippen molar-refractivity contribution in [2.75, 3.05) is 10.6 Å². The minimum atomic E-state index is -4.59. The SMILES string of the molecule is Cc1ccc([C@@H]2C[C@H](C(F)(F)F)n3nc(C(=O)Nc4ccc(F)cc4F)cc3N2)cc1. The van der Waals surface area contributed by atoms with E-state index >= 15 is 0 Å². The Morgan fingerprint density at radius 2 is 1.84 bits per heavy atom. The molecule has 0 aliphatic carbocycles. The van der Waals surface area contributed by atoms with Crippen molar-refractivity contribution >= 4 is 17.4 Å². The molecule has 3 aromatic rings. The topological polar surface area (TPSA) is 59.0 Å². The number of anilines is 2. The Morgan fingerprint density at radius 3 is 2.48 bits per heavy atom. The smallest absolute Gasteiger partial charge is 0.363 e. The Bertz CT molecular complexity index is 1120. The molecule has 10 heteroatoms. The van der Waals surface area contributed by atoms with E-state index < -0.39 is 35.8 Å². The first kappa shape index (κ1) is 20.8. The van der Waals surface area contributed by atoms with Crippen LogP contribution in [0.1, 0.15) is 40.1 Å². The van der Waals surface area contributed by atoms with Gasteiger partial charge in [0.25, 0.3) is 5.91 Å². The normalized spacial score (nSPS) is 18.3. The number of hydrogen-bond donors (Lipinski definition) is 2. The zero-order valence-corrected chi connectivity index (χ0v) is 16.2. The van der Waals surface area contributed by atoms with Gasteiger partial charge < -0.3 is 10.6 Å². The fraction of sp³-hybridized carbons (Fsp3) is 0.238. The lowest BCUT2D eigenvalue weighted by molar-refractivity contribution is -0.173. The van der Waals surface area contributed by atoms with Crippen molar-refractivity contribution in [3.05, 3.63) is 77.0 Å². The summed E-state index contributed by atoms with van der Waals surface area (Å²) in [6.07, 6.45) is -4.91. The summed E-state index contributed by atoms with van der Waals surface area (Å²) in [5.74, 6) is -2.73. The van der Waals surface area contributed by atoms with Crippen molar-refractivity contribution in [1.82, 2.24) is 9.78 Å². The summed E-state index contributed by atoms with van der Waals surface area (Å²) >= 11 is 0. The predicted molar refractivity (Wildman–Crippen MR) is 104 cm³/mol. The number of aromatic nitrogens is 2. The predicted octanol–water partition coefficient (Wildman–Crippen LogP) is 5.38. The molecule has 1 amide bonds. The molecule has 0 radical (unpaired) electrons. The van der Waals surface area contributed by atoms with Crippen LogP contribution in [0.25, 0.3) is 0 Å². The molecule has 2 heterocycles. The molecule has 5 nitrogen and oxygen atoms in total. The quantitative estimate of drug-likeness (QED) is 0.542. The Hall–Kier alpha value is -3.43. The van der Waals surface area contributed by atoms with Crippen molar-refractivity contribution in [2.24, 2.45) is 0 Å². The zero-order valence-electron chi connectivity index (χ0n) is 16.2. The molecule has 2 N–H and O–H groups in total. The van der Waals surface area contributed by atoms with Gasteiger partial charge in [0.05, 0.1) is 11.7 Å². The van der Waals surface area contributed by atoms with Crippen molar-refractivity contribution in [1.29, 1.82) is 0 Å². The number of benzene rings is 2. The van der Waals surface area contributed by atoms with Gasteiger partial charge in [0, 0.05) is 18.6 Å². The summed E-state index contributed by atoms with van der Waals surface area (Å²) in [5.41, 5.74) is 1.01. The number of carbonyl (C=O) groups is 1. The third-order valence-corrected chi connectivity index (χ3v) is 5.08. The summed E-state index contributed by atoms with van der Waals surface area (Å²) in [5, 5.41) is 9.00. The highest BCUT2D eigenvalue weighted by molar-refractivity contribution is 6.03. The van der Waals surface area contributed by atoms with E-state index in [1.807, 2.05) is 19.1 Å². The number of aryl methyl sites for hydroxylation is 1. The molecule has 2 aromatic carbocycles. The van der Waals surface area contributed by atoms with Gasteiger partial charge in [0.15, 0.2) is 11.7 Å². The van der Waals surface area contributed by atoms with Crippen molar-refractivity contribution in [3.8, 4) is 0 Å². The minimum Gasteiger partial charge on any atom is -0.363 e. The van der Waals surface area contributed by atoms with Gasteiger partial charge in [-0.05, 0) is 24.6 Å². The summed E-state index contributed by atoms with van der Waals surface area (Å²) in [6, 6.07) is 8.25. The number of halogens is 5. The fourth-order valence-electron chi connectivity index (χ4n) is 3.48. The zero-order chi connectivity index (χ0) is 22.3. The molecule has 0 fully saturated rings. The third kappa shape index (κ3) is 4.23. The van der Waals surface area contributed by atoms with E-state index in [1.165, 1.54) is 6.07 Å². The minimum absolute atomic E-state index is 0.0175. The molecule has 0 unspecified atom stereocenters. The molecule has 0 bridgehead atoms. The van der Waals surface area contributed by atoms with Crippen LogP contribution < -0.4 is 10.6 Å². The van der Waals surface area contributed by atoms with E-state index in [2.05, 4.69) is 15.7 Å². The van der Waals surface area contributed by atoms with Crippen LogP contribution in [-0.4, -0.2) is 21.9 Å². The lowest BCUT2D eigenvalue weighted by Crippen LogP contribution is -2.35. The fourth-order valence-corrected chi connectivity index (χ4v) is 3.48. The second-order valence-corrected chi connectivity index (χ2v) is 7.34. The lowest BCUT2D eigenvalue weighted by atomic mass is 9.96. The van der Waals surface area contributed by atoms with Gasteiger partial charge in [-0.15, -0.1) is 0 Å². The molecule has 0 spiro atoms. The van der Waals surface area contributed by atoms with Crippen LogP contribution in [0.2, 0.25) is 0 Å². The molecular weight excluding hydrogens is 419 g/mol. The van der Waals surface area contributed by atoms with Crippen molar-refractivity contribution in [3.63, 3.8) is 0 Å². The number of nitrogens with one attached hydrogen (secondary N) is 2. The van der Waals surface area contributed by atoms with Crippen molar-refractivity contribution < 1.29 is 26.7 Å². The molecule has 162 valence electrons. The highest BCUT2D eigenvalue weighted by Gasteiger charge is 2.46. The standard InChI is InChI=1S/C21H17F5N4O/c1-11-2-4-12(5-3-11)16-9-18(21(24,25)26)30-19(27-16)10-17(29-30)20(31)28-15-7-6-13(22)8-14(15)23/h2-8,10,16,18,27H,9H2,1H3,(H,28,31)/t16-,18+/m0/s1. The number of amides is 1. The van der Waals surface area contributed by atoms with E-state index in [-0.39, 0.29) is 23.6 Å². The van der Waals surface area contributed by atoms with E-state index in [1.54, 1.807) is 12.1 Å². The largest absolute Gasteiger partial charge is 0.410 e. The van der Waals surface area contributed by atoms with Gasteiger partial charge in [-0.25, -0.2) is 13.5 Å². The highest BCUT2D eigenvalue weighted by atomic mass is 19.4. The van der Waals surface area contributed by atoms with E-state index in [9.17, 15) is 26.7 Å². The molecule has 1 aliphatic heterocycles. The van der Waals surface area contributed by atoms with Gasteiger partial charge in [-0.1, -0.05) is 29.8 Å². The van der Waals surface area contributed by atoms with E-state index in [0.29, 0.717) is 11.6 Å². The van der Waals surface area contributed by atoms with Crippen LogP contribution >= 0.6 is 0 Å². The Morgan fingerprint density at radius 1 is 1.13 bits per heavy atom. The number of alkyl halides is 3. The first-order valence-corrected chi connectivity index (χ1v) is 9.37. The molecule has 0 saturated heterocycles. The number of fused-ring (bicyclic) bond motifs is 1. The molecular formula is C21H17F5N4O. The number of carbonyl (C=O) groups excluding carboxylic acids is 1. The van der Waals surface area contributed by atoms with Gasteiger partial charge in [0.2, 0.25) is 0 Å². The van der Waals surface area contributed by atoms with Gasteiger partial charge in [-0.3, -0.25) is 4.79 Å². The van der Waals surface area contributed by atoms with E-state index in [4.69, 9.17) is 0 Å². The Labute approximate surface area is 173 Å². The first-order valence-electron chi connectivity index (χ1n) is 9.37. The van der Waals surface area contributed by atoms with Crippen LogP contribution in [0.4, 0.5) is 33.5 Å². The number of hydrogen-bond acceptors (Lipinski definition) is 3. The lowest BCUT2D eigenvalue weighted by Gasteiger charge is -2.33. The molecule has 4 rings (SSSR count). The number of rotatable bonds is 3. The molecule has 2 atom stereocenters. The summed E-state index contributed by atoms with van der Waals surface area (Å²) in [7, 11) is 0. The average Bonchev–Trinajstić information content (AvgIpc) is 3.13. The third-order valence-electron chi connectivity index (χ3n) is 5.08. The Balaban J connectivity index is 1.64. The van der Waals surface area contributed by atoms with Gasteiger partial charge in [0.1, 0.15) is 17.5 Å². The monoisotopic (exact) mass is 436 g/mol. The van der Waals surface area contributed by atoms with E-state index in [0.717, 1.165) is 22.4 Å². The molecule has 31 heavy (non-hydrogen) atoms. The second kappa shape index (κ2) is 7.68. The number of nitrogens with zero attached hydrogens (tertiary/aromatic N) is 2. The first-order chi connectivity index (χ1) is 14.6. The van der Waals surface area contributed by atoms with Crippen molar-refractivity contribution in [2.45, 2.75) is 31.6 Å². The van der Waals surface area contributed by atoms with Crippen LogP contribution in [0.15, 0.2) is 48.5 Å². The van der Waals surface area contributed by atoms with Crippen LogP contribution in [0, 0.1) is 18.6 Å². The maximum Gasteiger partial charge on any atom is 0.410 e. The maximum absolute atomic E-state index is 13.8. The Kier molecular flexibility index (Phi) is 5.16. The summed E-state index contributed by atoms with van der Waals surface area (Å²) in [6.45, 7) is 1.88. The molecule has 1 aromatic heterocycles. The highest BCUT2D eigenvalue weighted by Crippen LogP contribution is 2.43. The summed E-state index contributed by atoms with van der Waals surface area (Å²) in [4.78, 5) is 12.5. The maximum atomic E-state index is 13.8.